The van der Waals surface area contributed by atoms with Crippen molar-refractivity contribution in [3.8, 4) is 0 Å². The minimum Gasteiger partial charge on any atom is -0.380 e. The molecule has 5 heterocycles. The fourth-order valence-electron chi connectivity index (χ4n) is 5.73. The summed E-state index contributed by atoms with van der Waals surface area (Å²) in [5.41, 5.74) is 1.13. The summed E-state index contributed by atoms with van der Waals surface area (Å²) in [7, 11) is 0. The number of hydrogen-bond acceptors (Lipinski definition) is 6. The SMILES string of the molecule is CCCCCCC(NC=O)c1cn2nc(CC3C(=O)NC4CC3C4)c(C3COCCC3(F)F)nc2n1. The Labute approximate surface area is 208 Å². The predicted octanol–water partition coefficient (Wildman–Crippen LogP) is 3.09. The zero-order valence-electron chi connectivity index (χ0n) is 20.6. The van der Waals surface area contributed by atoms with Crippen LogP contribution in [0.25, 0.3) is 5.78 Å². The Morgan fingerprint density at radius 3 is 2.86 bits per heavy atom. The quantitative estimate of drug-likeness (QED) is 0.360. The van der Waals surface area contributed by atoms with Crippen LogP contribution in [-0.2, 0) is 20.7 Å². The molecule has 0 radical (unpaired) electrons. The van der Waals surface area contributed by atoms with Gasteiger partial charge in [0.05, 0.1) is 48.5 Å². The number of piperidine rings is 2. The molecule has 11 heteroatoms. The molecule has 9 nitrogen and oxygen atoms in total. The number of rotatable bonds is 11. The fraction of sp³-hybridized carbons (Fsp3) is 0.720. The van der Waals surface area contributed by atoms with Crippen LogP contribution in [0.5, 0.6) is 0 Å². The molecule has 0 aromatic carbocycles. The number of nitrogens with one attached hydrogen (secondary N) is 2. The lowest BCUT2D eigenvalue weighted by molar-refractivity contribution is -0.135. The van der Waals surface area contributed by atoms with Crippen molar-refractivity contribution >= 4 is 18.1 Å². The summed E-state index contributed by atoms with van der Waals surface area (Å²) < 4.78 is 36.9. The minimum absolute atomic E-state index is 0.00635. The van der Waals surface area contributed by atoms with Crippen LogP contribution in [0.15, 0.2) is 6.20 Å². The molecule has 2 aromatic rings. The maximum Gasteiger partial charge on any atom is 0.260 e. The third-order valence-electron chi connectivity index (χ3n) is 7.95. The van der Waals surface area contributed by atoms with E-state index in [1.54, 1.807) is 6.20 Å². The van der Waals surface area contributed by atoms with E-state index in [4.69, 9.17) is 4.74 Å². The number of unbranched alkanes of at least 4 members (excludes halogenated alkanes) is 3. The highest BCUT2D eigenvalue weighted by atomic mass is 19.3. The molecule has 0 spiro atoms. The van der Waals surface area contributed by atoms with Gasteiger partial charge in [0.2, 0.25) is 12.3 Å². The van der Waals surface area contributed by atoms with Gasteiger partial charge >= 0.3 is 0 Å². The second-order valence-corrected chi connectivity index (χ2v) is 10.4. The van der Waals surface area contributed by atoms with Gasteiger partial charge in [-0.25, -0.2) is 23.3 Å². The van der Waals surface area contributed by atoms with Gasteiger partial charge < -0.3 is 15.4 Å². The van der Waals surface area contributed by atoms with Crippen LogP contribution < -0.4 is 10.6 Å². The van der Waals surface area contributed by atoms with E-state index in [0.717, 1.165) is 38.5 Å². The van der Waals surface area contributed by atoms with Crippen molar-refractivity contribution in [3.63, 3.8) is 0 Å². The van der Waals surface area contributed by atoms with E-state index < -0.39 is 11.8 Å². The van der Waals surface area contributed by atoms with E-state index >= 15 is 8.78 Å². The normalized spacial score (nSPS) is 27.8. The topological polar surface area (TPSA) is 111 Å². The Morgan fingerprint density at radius 1 is 1.31 bits per heavy atom. The molecule has 2 bridgehead atoms. The lowest BCUT2D eigenvalue weighted by atomic mass is 9.67. The monoisotopic (exact) mass is 504 g/mol. The van der Waals surface area contributed by atoms with Gasteiger partial charge in [0, 0.05) is 24.8 Å². The van der Waals surface area contributed by atoms with Gasteiger partial charge in [-0.05, 0) is 25.2 Å². The van der Waals surface area contributed by atoms with Gasteiger partial charge in [-0.1, -0.05) is 32.6 Å². The molecule has 1 aliphatic carbocycles. The number of carbonyl (C=O) groups is 2. The van der Waals surface area contributed by atoms with Crippen LogP contribution in [0.1, 0.15) is 87.3 Å². The first-order valence-corrected chi connectivity index (χ1v) is 13.1. The molecule has 4 aliphatic rings. The molecule has 3 unspecified atom stereocenters. The highest BCUT2D eigenvalue weighted by Crippen LogP contribution is 2.43. The van der Waals surface area contributed by atoms with Crippen molar-refractivity contribution in [2.75, 3.05) is 13.2 Å². The number of nitrogens with zero attached hydrogens (tertiary/aromatic N) is 4. The maximum atomic E-state index is 15.0. The summed E-state index contributed by atoms with van der Waals surface area (Å²) in [6, 6.07) is -0.0797. The van der Waals surface area contributed by atoms with Gasteiger partial charge in [0.1, 0.15) is 0 Å². The summed E-state index contributed by atoms with van der Waals surface area (Å²) in [6.07, 6.45) is 8.94. The summed E-state index contributed by atoms with van der Waals surface area (Å²) in [6.45, 7) is 1.97. The Kier molecular flexibility index (Phi) is 7.18. The van der Waals surface area contributed by atoms with Crippen molar-refractivity contribution in [2.24, 2.45) is 11.8 Å². The van der Waals surface area contributed by atoms with E-state index in [1.807, 2.05) is 0 Å². The van der Waals surface area contributed by atoms with Crippen LogP contribution in [0, 0.1) is 11.8 Å². The Balaban J connectivity index is 1.49. The van der Waals surface area contributed by atoms with Gasteiger partial charge in [0.15, 0.2) is 0 Å². The van der Waals surface area contributed by atoms with Crippen LogP contribution in [0.2, 0.25) is 0 Å². The van der Waals surface area contributed by atoms with E-state index in [-0.39, 0.29) is 67.4 Å². The summed E-state index contributed by atoms with van der Waals surface area (Å²) in [4.78, 5) is 33.0. The minimum atomic E-state index is -2.99. The highest BCUT2D eigenvalue weighted by molar-refractivity contribution is 5.81. The van der Waals surface area contributed by atoms with E-state index in [9.17, 15) is 9.59 Å². The number of alkyl halides is 2. The molecule has 196 valence electrons. The number of fused-ring (bicyclic) bond motifs is 3. The molecular weight excluding hydrogens is 470 g/mol. The van der Waals surface area contributed by atoms with Crippen molar-refractivity contribution in [2.45, 2.75) is 88.6 Å². The molecule has 36 heavy (non-hydrogen) atoms. The van der Waals surface area contributed by atoms with Gasteiger partial charge in [0.25, 0.3) is 11.7 Å². The van der Waals surface area contributed by atoms with E-state index in [0.29, 0.717) is 24.2 Å². The van der Waals surface area contributed by atoms with Crippen LogP contribution in [-0.4, -0.2) is 57.1 Å². The molecular formula is C25H34F2N6O3. The molecule has 3 atom stereocenters. The van der Waals surface area contributed by atoms with Crippen LogP contribution >= 0.6 is 0 Å². The third-order valence-corrected chi connectivity index (χ3v) is 7.95. The van der Waals surface area contributed by atoms with Gasteiger partial charge in [-0.15, -0.1) is 0 Å². The van der Waals surface area contributed by atoms with Crippen LogP contribution in [0.4, 0.5) is 8.78 Å². The van der Waals surface area contributed by atoms with E-state index in [2.05, 4.69) is 32.6 Å². The lowest BCUT2D eigenvalue weighted by Gasteiger charge is -2.46. The third kappa shape index (κ3) is 4.94. The zero-order chi connectivity index (χ0) is 25.3. The first kappa shape index (κ1) is 25.0. The summed E-state index contributed by atoms with van der Waals surface area (Å²) in [5.74, 6) is -4.17. The second kappa shape index (κ2) is 10.4. The molecule has 2 N–H and O–H groups in total. The van der Waals surface area contributed by atoms with Gasteiger partial charge in [-0.3, -0.25) is 9.59 Å². The van der Waals surface area contributed by atoms with E-state index in [1.165, 1.54) is 4.52 Å². The highest BCUT2D eigenvalue weighted by Gasteiger charge is 2.48. The van der Waals surface area contributed by atoms with Crippen molar-refractivity contribution in [1.82, 2.24) is 30.2 Å². The molecule has 2 aromatic heterocycles. The van der Waals surface area contributed by atoms with Gasteiger partial charge in [-0.2, -0.15) is 5.10 Å². The smallest absolute Gasteiger partial charge is 0.260 e. The molecule has 3 saturated heterocycles. The first-order chi connectivity index (χ1) is 17.4. The number of amides is 2. The average Bonchev–Trinajstić information content (AvgIpc) is 3.23. The number of halogens is 2. The molecule has 1 saturated carbocycles. The Morgan fingerprint density at radius 2 is 2.14 bits per heavy atom. The number of carbonyl (C=O) groups excluding carboxylic acids is 2. The molecule has 6 rings (SSSR count). The van der Waals surface area contributed by atoms with Crippen molar-refractivity contribution in [1.29, 1.82) is 0 Å². The number of imidazole rings is 1. The first-order valence-electron chi connectivity index (χ1n) is 13.1. The Hall–Kier alpha value is -2.69. The predicted molar refractivity (Wildman–Crippen MR) is 126 cm³/mol. The fourth-order valence-corrected chi connectivity index (χ4v) is 5.73. The summed E-state index contributed by atoms with van der Waals surface area (Å²) in [5, 5.41) is 10.5. The Bertz CT molecular complexity index is 1100. The second-order valence-electron chi connectivity index (χ2n) is 10.4. The summed E-state index contributed by atoms with van der Waals surface area (Å²) >= 11 is 0. The molecule has 3 aliphatic heterocycles. The standard InChI is InChI=1S/C25H34F2N6O3/c1-2-3-4-5-6-19(28-14-34)21-12-33-24(30-21)31-22(18-13-36-8-7-25(18,26)27)20(32-33)11-17-15-9-16(10-15)29-23(17)35/h12,14-19H,2-11,13H2,1H3,(H,28,34)(H,29,35). The average molecular weight is 505 g/mol. The molecule has 4 fully saturated rings. The number of hydrogen-bond donors (Lipinski definition) is 2. The number of ether oxygens (including phenoxy) is 1. The van der Waals surface area contributed by atoms with Crippen LogP contribution in [0.3, 0.4) is 0 Å². The largest absolute Gasteiger partial charge is 0.380 e. The lowest BCUT2D eigenvalue weighted by Crippen LogP contribution is -2.57. The zero-order valence-corrected chi connectivity index (χ0v) is 20.6. The maximum absolute atomic E-state index is 15.0. The van der Waals surface area contributed by atoms with Crippen molar-refractivity contribution in [3.05, 3.63) is 23.3 Å². The number of aromatic nitrogens is 4. The van der Waals surface area contributed by atoms with Crippen molar-refractivity contribution < 1.29 is 23.1 Å². The molecule has 2 amide bonds.